The van der Waals surface area contributed by atoms with Crippen LogP contribution in [0.3, 0.4) is 0 Å². The Morgan fingerprint density at radius 1 is 1.00 bits per heavy atom. The van der Waals surface area contributed by atoms with Gasteiger partial charge in [-0.3, -0.25) is 4.79 Å². The summed E-state index contributed by atoms with van der Waals surface area (Å²) in [6, 6.07) is 14.8. The molecule has 5 nitrogen and oxygen atoms in total. The van der Waals surface area contributed by atoms with E-state index in [1.165, 1.54) is 18.4 Å². The fraction of sp³-hybridized carbons (Fsp3) is 0.217. The molecular formula is C23H23NO4S. The highest BCUT2D eigenvalue weighted by molar-refractivity contribution is 7.17. The Bertz CT molecular complexity index is 1020. The molecule has 0 aliphatic rings. The number of esters is 1. The van der Waals surface area contributed by atoms with Crippen molar-refractivity contribution in [1.82, 2.24) is 0 Å². The largest absolute Gasteiger partial charge is 0.494 e. The van der Waals surface area contributed by atoms with Crippen LogP contribution >= 0.6 is 11.3 Å². The Labute approximate surface area is 174 Å². The summed E-state index contributed by atoms with van der Waals surface area (Å²) in [6.07, 6.45) is 0. The number of nitrogens with one attached hydrogen (secondary N) is 1. The predicted molar refractivity (Wildman–Crippen MR) is 116 cm³/mol. The highest BCUT2D eigenvalue weighted by Gasteiger charge is 2.25. The molecule has 0 unspecified atom stereocenters. The smallest absolute Gasteiger partial charge is 0.341 e. The molecule has 0 aliphatic heterocycles. The number of methoxy groups -OCH3 is 1. The zero-order valence-corrected chi connectivity index (χ0v) is 17.7. The maximum atomic E-state index is 12.7. The van der Waals surface area contributed by atoms with E-state index in [-0.39, 0.29) is 5.91 Å². The first-order chi connectivity index (χ1) is 13.9. The van der Waals surface area contributed by atoms with Crippen LogP contribution in [0.25, 0.3) is 11.1 Å². The van der Waals surface area contributed by atoms with E-state index < -0.39 is 5.97 Å². The van der Waals surface area contributed by atoms with Crippen LogP contribution < -0.4 is 10.1 Å². The van der Waals surface area contributed by atoms with Crippen LogP contribution in [0, 0.1) is 13.8 Å². The molecule has 3 aromatic rings. The Morgan fingerprint density at radius 3 is 2.24 bits per heavy atom. The Morgan fingerprint density at radius 2 is 1.66 bits per heavy atom. The number of carbonyl (C=O) groups is 2. The molecular weight excluding hydrogens is 386 g/mol. The van der Waals surface area contributed by atoms with E-state index in [4.69, 9.17) is 9.47 Å². The van der Waals surface area contributed by atoms with Gasteiger partial charge in [-0.05, 0) is 50.6 Å². The number of hydrogen-bond donors (Lipinski definition) is 1. The van der Waals surface area contributed by atoms with Crippen LogP contribution in [-0.2, 0) is 4.74 Å². The van der Waals surface area contributed by atoms with Crippen LogP contribution in [0.2, 0.25) is 0 Å². The van der Waals surface area contributed by atoms with Crippen LogP contribution in [0.1, 0.15) is 38.1 Å². The lowest BCUT2D eigenvalue weighted by Crippen LogP contribution is -2.14. The van der Waals surface area contributed by atoms with Gasteiger partial charge in [-0.2, -0.15) is 0 Å². The molecule has 1 aromatic heterocycles. The molecule has 3 rings (SSSR count). The Kier molecular flexibility index (Phi) is 6.34. The maximum Gasteiger partial charge on any atom is 0.341 e. The van der Waals surface area contributed by atoms with Crippen molar-refractivity contribution in [3.05, 3.63) is 70.1 Å². The Hall–Kier alpha value is -3.12. The standard InChI is InChI=1S/C23H23NO4S/c1-5-28-18-12-10-16(11-13-18)19-15(3)29-22(20(19)23(26)27-4)24-21(25)17-8-6-14(2)7-9-17/h6-13H,5H2,1-4H3,(H,24,25). The molecule has 0 saturated carbocycles. The topological polar surface area (TPSA) is 64.6 Å². The molecule has 6 heteroatoms. The van der Waals surface area contributed by atoms with E-state index >= 15 is 0 Å². The van der Waals surface area contributed by atoms with Gasteiger partial charge >= 0.3 is 5.97 Å². The van der Waals surface area contributed by atoms with Gasteiger partial charge in [-0.25, -0.2) is 4.79 Å². The monoisotopic (exact) mass is 409 g/mol. The number of ether oxygens (including phenoxy) is 2. The molecule has 0 spiro atoms. The molecule has 1 amide bonds. The molecule has 1 N–H and O–H groups in total. The van der Waals surface area contributed by atoms with Crippen LogP contribution in [0.4, 0.5) is 5.00 Å². The molecule has 150 valence electrons. The zero-order valence-electron chi connectivity index (χ0n) is 16.9. The molecule has 0 aliphatic carbocycles. The second-order valence-corrected chi connectivity index (χ2v) is 7.73. The van der Waals surface area contributed by atoms with E-state index in [2.05, 4.69) is 5.32 Å². The minimum atomic E-state index is -0.488. The summed E-state index contributed by atoms with van der Waals surface area (Å²) in [5.41, 5.74) is 3.57. The van der Waals surface area contributed by atoms with Gasteiger partial charge in [-0.15, -0.1) is 11.3 Å². The van der Waals surface area contributed by atoms with E-state index in [0.717, 1.165) is 27.3 Å². The van der Waals surface area contributed by atoms with Crippen molar-refractivity contribution < 1.29 is 19.1 Å². The van der Waals surface area contributed by atoms with Crippen molar-refractivity contribution in [1.29, 1.82) is 0 Å². The summed E-state index contributed by atoms with van der Waals surface area (Å²) in [6.45, 7) is 6.39. The maximum absolute atomic E-state index is 12.7. The molecule has 0 radical (unpaired) electrons. The lowest BCUT2D eigenvalue weighted by atomic mass is 10.0. The fourth-order valence-electron chi connectivity index (χ4n) is 3.04. The molecule has 0 saturated heterocycles. The summed E-state index contributed by atoms with van der Waals surface area (Å²) in [7, 11) is 1.34. The quantitative estimate of drug-likeness (QED) is 0.548. The third kappa shape index (κ3) is 4.49. The first-order valence-corrected chi connectivity index (χ1v) is 10.1. The van der Waals surface area contributed by atoms with Gasteiger partial charge in [0.15, 0.2) is 0 Å². The van der Waals surface area contributed by atoms with Gasteiger partial charge in [-0.1, -0.05) is 29.8 Å². The number of anilines is 1. The molecule has 0 bridgehead atoms. The lowest BCUT2D eigenvalue weighted by Gasteiger charge is -2.09. The molecule has 0 atom stereocenters. The fourth-order valence-corrected chi connectivity index (χ4v) is 4.10. The minimum absolute atomic E-state index is 0.269. The average molecular weight is 410 g/mol. The van der Waals surface area contributed by atoms with Crippen LogP contribution in [0.5, 0.6) is 5.75 Å². The second kappa shape index (κ2) is 8.92. The number of carbonyl (C=O) groups excluding carboxylic acids is 2. The van der Waals surface area contributed by atoms with Crippen molar-refractivity contribution in [2.24, 2.45) is 0 Å². The molecule has 1 heterocycles. The highest BCUT2D eigenvalue weighted by atomic mass is 32.1. The second-order valence-electron chi connectivity index (χ2n) is 6.51. The number of rotatable bonds is 6. The van der Waals surface area contributed by atoms with Crippen molar-refractivity contribution in [2.45, 2.75) is 20.8 Å². The number of thiophene rings is 1. The van der Waals surface area contributed by atoms with E-state index in [1.54, 1.807) is 12.1 Å². The SMILES string of the molecule is CCOc1ccc(-c2c(C)sc(NC(=O)c3ccc(C)cc3)c2C(=O)OC)cc1. The predicted octanol–water partition coefficient (Wildman–Crippen LogP) is 5.47. The van der Waals surface area contributed by atoms with Gasteiger partial charge < -0.3 is 14.8 Å². The van der Waals surface area contributed by atoms with Gasteiger partial charge in [0.25, 0.3) is 5.91 Å². The molecule has 0 fully saturated rings. The summed E-state index contributed by atoms with van der Waals surface area (Å²) < 4.78 is 10.5. The van der Waals surface area contributed by atoms with Gasteiger partial charge in [0.05, 0.1) is 13.7 Å². The lowest BCUT2D eigenvalue weighted by molar-refractivity contribution is 0.0603. The van der Waals surface area contributed by atoms with Gasteiger partial charge in [0, 0.05) is 16.0 Å². The Balaban J connectivity index is 2.00. The summed E-state index contributed by atoms with van der Waals surface area (Å²) in [5.74, 6) is 0.00346. The van der Waals surface area contributed by atoms with E-state index in [9.17, 15) is 9.59 Å². The normalized spacial score (nSPS) is 10.5. The number of hydrogen-bond acceptors (Lipinski definition) is 5. The van der Waals surface area contributed by atoms with E-state index in [1.807, 2.05) is 57.2 Å². The highest BCUT2D eigenvalue weighted by Crippen LogP contribution is 2.41. The zero-order chi connectivity index (χ0) is 21.0. The average Bonchev–Trinajstić information content (AvgIpc) is 3.04. The first kappa shape index (κ1) is 20.6. The summed E-state index contributed by atoms with van der Waals surface area (Å²) in [4.78, 5) is 26.2. The van der Waals surface area contributed by atoms with Gasteiger partial charge in [0.2, 0.25) is 0 Å². The van der Waals surface area contributed by atoms with Crippen molar-refractivity contribution >= 4 is 28.2 Å². The van der Waals surface area contributed by atoms with E-state index in [0.29, 0.717) is 22.7 Å². The van der Waals surface area contributed by atoms with Gasteiger partial charge in [0.1, 0.15) is 16.3 Å². The minimum Gasteiger partial charge on any atom is -0.494 e. The third-order valence-electron chi connectivity index (χ3n) is 4.47. The van der Waals surface area contributed by atoms with Crippen molar-refractivity contribution in [3.63, 3.8) is 0 Å². The van der Waals surface area contributed by atoms with Crippen molar-refractivity contribution in [3.8, 4) is 16.9 Å². The van der Waals surface area contributed by atoms with Crippen LogP contribution in [0.15, 0.2) is 48.5 Å². The summed E-state index contributed by atoms with van der Waals surface area (Å²) in [5, 5.41) is 3.35. The van der Waals surface area contributed by atoms with Crippen LogP contribution in [-0.4, -0.2) is 25.6 Å². The number of amides is 1. The first-order valence-electron chi connectivity index (χ1n) is 9.27. The summed E-state index contributed by atoms with van der Waals surface area (Å²) >= 11 is 1.36. The molecule has 2 aromatic carbocycles. The molecule has 29 heavy (non-hydrogen) atoms. The third-order valence-corrected chi connectivity index (χ3v) is 5.49. The van der Waals surface area contributed by atoms with Crippen molar-refractivity contribution in [2.75, 3.05) is 19.0 Å². The number of aryl methyl sites for hydroxylation is 2. The number of benzene rings is 2.